The van der Waals surface area contributed by atoms with Crippen molar-refractivity contribution in [2.75, 3.05) is 7.11 Å². The lowest BCUT2D eigenvalue weighted by Crippen LogP contribution is -2.35. The van der Waals surface area contributed by atoms with Crippen LogP contribution in [0.4, 0.5) is 0 Å². The number of thiophene rings is 1. The Labute approximate surface area is 128 Å². The maximum atomic E-state index is 12.2. The highest BCUT2D eigenvalue weighted by atomic mass is 32.1. The fourth-order valence-corrected chi connectivity index (χ4v) is 2.90. The van der Waals surface area contributed by atoms with Crippen LogP contribution >= 0.6 is 11.3 Å². The maximum Gasteiger partial charge on any atom is 0.242 e. The predicted octanol–water partition coefficient (Wildman–Crippen LogP) is 2.94. The lowest BCUT2D eigenvalue weighted by molar-refractivity contribution is -0.123. The van der Waals surface area contributed by atoms with Crippen molar-refractivity contribution in [3.63, 3.8) is 0 Å². The van der Waals surface area contributed by atoms with Crippen molar-refractivity contribution in [1.82, 2.24) is 5.32 Å². The summed E-state index contributed by atoms with van der Waals surface area (Å²) in [5.41, 5.74) is 8.05. The molecule has 2 atom stereocenters. The second-order valence-electron chi connectivity index (χ2n) is 4.97. The molecular weight excluding hydrogens is 284 g/mol. The van der Waals surface area contributed by atoms with E-state index in [-0.39, 0.29) is 11.9 Å². The molecule has 21 heavy (non-hydrogen) atoms. The Morgan fingerprint density at radius 1 is 1.38 bits per heavy atom. The van der Waals surface area contributed by atoms with Crippen molar-refractivity contribution in [3.8, 4) is 5.75 Å². The Bertz CT molecular complexity index is 611. The molecule has 0 spiro atoms. The van der Waals surface area contributed by atoms with E-state index < -0.39 is 6.04 Å². The van der Waals surface area contributed by atoms with Crippen molar-refractivity contribution >= 4 is 17.2 Å². The molecule has 0 saturated heterocycles. The fraction of sp³-hybridized carbons (Fsp3) is 0.312. The Kier molecular flexibility index (Phi) is 4.98. The first-order chi connectivity index (χ1) is 10.0. The van der Waals surface area contributed by atoms with Crippen molar-refractivity contribution in [3.05, 3.63) is 51.7 Å². The second-order valence-corrected chi connectivity index (χ2v) is 5.95. The topological polar surface area (TPSA) is 64.3 Å². The number of ether oxygens (including phenoxy) is 1. The van der Waals surface area contributed by atoms with Crippen molar-refractivity contribution < 1.29 is 9.53 Å². The number of amides is 1. The molecule has 0 aliphatic rings. The molecule has 3 N–H and O–H groups in total. The van der Waals surface area contributed by atoms with E-state index in [2.05, 4.69) is 5.32 Å². The van der Waals surface area contributed by atoms with E-state index >= 15 is 0 Å². The van der Waals surface area contributed by atoms with Crippen LogP contribution in [0, 0.1) is 6.92 Å². The van der Waals surface area contributed by atoms with Gasteiger partial charge in [0.25, 0.3) is 0 Å². The number of aryl methyl sites for hydroxylation is 1. The van der Waals surface area contributed by atoms with E-state index in [1.165, 1.54) is 11.3 Å². The highest BCUT2D eigenvalue weighted by molar-refractivity contribution is 7.10. The second kappa shape index (κ2) is 6.74. The lowest BCUT2D eigenvalue weighted by Gasteiger charge is -2.20. The zero-order chi connectivity index (χ0) is 15.4. The molecule has 0 aliphatic carbocycles. The molecule has 0 saturated carbocycles. The van der Waals surface area contributed by atoms with Crippen LogP contribution in [0.5, 0.6) is 5.75 Å². The molecule has 112 valence electrons. The summed E-state index contributed by atoms with van der Waals surface area (Å²) < 4.78 is 5.36. The highest BCUT2D eigenvalue weighted by Crippen LogP contribution is 2.27. The molecule has 2 aromatic rings. The van der Waals surface area contributed by atoms with Gasteiger partial charge in [0.15, 0.2) is 0 Å². The first-order valence-corrected chi connectivity index (χ1v) is 7.64. The Hall–Kier alpha value is -1.85. The van der Waals surface area contributed by atoms with Gasteiger partial charge < -0.3 is 15.8 Å². The summed E-state index contributed by atoms with van der Waals surface area (Å²) in [6.07, 6.45) is 0. The number of hydrogen-bond acceptors (Lipinski definition) is 4. The minimum atomic E-state index is -0.636. The lowest BCUT2D eigenvalue weighted by atomic mass is 10.0. The van der Waals surface area contributed by atoms with Gasteiger partial charge in [-0.25, -0.2) is 0 Å². The van der Waals surface area contributed by atoms with Crippen LogP contribution in [-0.4, -0.2) is 13.0 Å². The van der Waals surface area contributed by atoms with Crippen LogP contribution in [-0.2, 0) is 4.79 Å². The molecule has 0 aliphatic heterocycles. The number of benzene rings is 1. The monoisotopic (exact) mass is 304 g/mol. The summed E-state index contributed by atoms with van der Waals surface area (Å²) in [5, 5.41) is 4.86. The highest BCUT2D eigenvalue weighted by Gasteiger charge is 2.20. The van der Waals surface area contributed by atoms with Gasteiger partial charge in [0.2, 0.25) is 5.91 Å². The maximum absolute atomic E-state index is 12.2. The molecule has 1 amide bonds. The van der Waals surface area contributed by atoms with E-state index in [0.29, 0.717) is 0 Å². The quantitative estimate of drug-likeness (QED) is 0.892. The van der Waals surface area contributed by atoms with Gasteiger partial charge in [-0.15, -0.1) is 11.3 Å². The van der Waals surface area contributed by atoms with Crippen LogP contribution in [0.2, 0.25) is 0 Å². The number of carbonyl (C=O) groups excluding carboxylic acids is 1. The van der Waals surface area contributed by atoms with Gasteiger partial charge in [-0.05, 0) is 31.4 Å². The minimum absolute atomic E-state index is 0.168. The molecular formula is C16H20N2O2S. The molecule has 0 fully saturated rings. The van der Waals surface area contributed by atoms with Gasteiger partial charge in [-0.3, -0.25) is 4.79 Å². The van der Waals surface area contributed by atoms with E-state index in [1.807, 2.05) is 49.6 Å². The van der Waals surface area contributed by atoms with Gasteiger partial charge in [0.05, 0.1) is 13.2 Å². The van der Waals surface area contributed by atoms with Gasteiger partial charge in [0, 0.05) is 10.4 Å². The summed E-state index contributed by atoms with van der Waals surface area (Å²) in [5.74, 6) is 0.576. The molecule has 5 heteroatoms. The number of carbonyl (C=O) groups is 1. The third-order valence-electron chi connectivity index (χ3n) is 3.34. The molecule has 2 unspecified atom stereocenters. The number of nitrogens with two attached hydrogens (primary N) is 1. The Morgan fingerprint density at radius 2 is 2.14 bits per heavy atom. The molecule has 0 radical (unpaired) electrons. The number of rotatable bonds is 5. The number of nitrogens with one attached hydrogen (secondary N) is 1. The van der Waals surface area contributed by atoms with Crippen LogP contribution in [0.1, 0.15) is 35.0 Å². The van der Waals surface area contributed by atoms with Gasteiger partial charge in [-0.2, -0.15) is 0 Å². The average Bonchev–Trinajstić information content (AvgIpc) is 3.00. The van der Waals surface area contributed by atoms with E-state index in [9.17, 15) is 4.79 Å². The third-order valence-corrected chi connectivity index (χ3v) is 4.30. The summed E-state index contributed by atoms with van der Waals surface area (Å²) >= 11 is 1.48. The Morgan fingerprint density at radius 3 is 2.76 bits per heavy atom. The van der Waals surface area contributed by atoms with Crippen molar-refractivity contribution in [1.29, 1.82) is 0 Å². The van der Waals surface area contributed by atoms with Crippen LogP contribution < -0.4 is 15.8 Å². The number of hydrogen-bond donors (Lipinski definition) is 2. The first kappa shape index (κ1) is 15.5. The van der Waals surface area contributed by atoms with Crippen LogP contribution in [0.25, 0.3) is 0 Å². The van der Waals surface area contributed by atoms with Gasteiger partial charge in [0.1, 0.15) is 11.8 Å². The zero-order valence-electron chi connectivity index (χ0n) is 12.4. The summed E-state index contributed by atoms with van der Waals surface area (Å²) in [6, 6.07) is 8.86. The summed E-state index contributed by atoms with van der Waals surface area (Å²) in [7, 11) is 1.63. The number of methoxy groups -OCH3 is 1. The van der Waals surface area contributed by atoms with Crippen molar-refractivity contribution in [2.45, 2.75) is 25.9 Å². The first-order valence-electron chi connectivity index (χ1n) is 6.77. The van der Waals surface area contributed by atoms with Crippen LogP contribution in [0.15, 0.2) is 35.7 Å². The summed E-state index contributed by atoms with van der Waals surface area (Å²) in [6.45, 7) is 3.94. The normalized spacial score (nSPS) is 13.5. The largest absolute Gasteiger partial charge is 0.496 e. The van der Waals surface area contributed by atoms with Crippen LogP contribution in [0.3, 0.4) is 0 Å². The average molecular weight is 304 g/mol. The predicted molar refractivity (Wildman–Crippen MR) is 85.5 cm³/mol. The Balaban J connectivity index is 2.12. The summed E-state index contributed by atoms with van der Waals surface area (Å²) in [4.78, 5) is 13.1. The molecule has 4 nitrogen and oxygen atoms in total. The minimum Gasteiger partial charge on any atom is -0.496 e. The van der Waals surface area contributed by atoms with Gasteiger partial charge in [-0.1, -0.05) is 23.8 Å². The zero-order valence-corrected chi connectivity index (χ0v) is 13.2. The van der Waals surface area contributed by atoms with E-state index in [0.717, 1.165) is 21.8 Å². The van der Waals surface area contributed by atoms with E-state index in [4.69, 9.17) is 10.5 Å². The standard InChI is InChI=1S/C16H20N2O2S/c1-10-6-7-13(20-3)12(9-10)11(2)18-16(19)15(17)14-5-4-8-21-14/h4-9,11,15H,17H2,1-3H3,(H,18,19). The molecule has 2 rings (SSSR count). The molecule has 1 aromatic heterocycles. The molecule has 1 heterocycles. The van der Waals surface area contributed by atoms with Crippen molar-refractivity contribution in [2.24, 2.45) is 5.73 Å². The molecule has 0 bridgehead atoms. The molecule has 1 aromatic carbocycles. The smallest absolute Gasteiger partial charge is 0.242 e. The van der Waals surface area contributed by atoms with Gasteiger partial charge >= 0.3 is 0 Å². The third kappa shape index (κ3) is 3.62. The SMILES string of the molecule is COc1ccc(C)cc1C(C)NC(=O)C(N)c1cccs1. The van der Waals surface area contributed by atoms with E-state index in [1.54, 1.807) is 7.11 Å². The fourth-order valence-electron chi connectivity index (χ4n) is 2.17.